The molecule has 1 aliphatic rings. The van der Waals surface area contributed by atoms with Crippen LogP contribution < -0.4 is 5.73 Å². The normalized spacial score (nSPS) is 16.1. The highest BCUT2D eigenvalue weighted by molar-refractivity contribution is 5.36. The van der Waals surface area contributed by atoms with E-state index < -0.39 is 0 Å². The Balaban J connectivity index is 2.00. The van der Waals surface area contributed by atoms with Crippen LogP contribution in [0, 0.1) is 0 Å². The van der Waals surface area contributed by atoms with Gasteiger partial charge in [0.15, 0.2) is 0 Å². The van der Waals surface area contributed by atoms with Gasteiger partial charge in [-0.2, -0.15) is 5.10 Å². The largest absolute Gasteiger partial charge is 0.330 e. The van der Waals surface area contributed by atoms with Crippen molar-refractivity contribution in [2.45, 2.75) is 38.0 Å². The zero-order valence-corrected chi connectivity index (χ0v) is 11.3. The molecule has 0 radical (unpaired) electrons. The lowest BCUT2D eigenvalue weighted by Gasteiger charge is -2.12. The fourth-order valence-corrected chi connectivity index (χ4v) is 3.14. The van der Waals surface area contributed by atoms with Crippen LogP contribution >= 0.6 is 0 Å². The summed E-state index contributed by atoms with van der Waals surface area (Å²) in [5.41, 5.74) is 9.66. The highest BCUT2D eigenvalue weighted by Crippen LogP contribution is 2.36. The van der Waals surface area contributed by atoms with Crippen molar-refractivity contribution < 1.29 is 0 Å². The molecule has 0 amide bonds. The van der Waals surface area contributed by atoms with E-state index >= 15 is 0 Å². The van der Waals surface area contributed by atoms with Crippen LogP contribution in [0.2, 0.25) is 0 Å². The Bertz CT molecular complexity index is 524. The number of hydrogen-bond acceptors (Lipinski definition) is 2. The molecule has 3 heteroatoms. The molecule has 2 aromatic rings. The van der Waals surface area contributed by atoms with E-state index in [1.165, 1.54) is 36.9 Å². The molecular weight excluding hydrogens is 234 g/mol. The Labute approximate surface area is 114 Å². The molecule has 1 aromatic carbocycles. The number of nitrogens with zero attached hydrogens (tertiary/aromatic N) is 2. The van der Waals surface area contributed by atoms with Crippen LogP contribution in [-0.4, -0.2) is 16.3 Å². The van der Waals surface area contributed by atoms with Gasteiger partial charge < -0.3 is 5.73 Å². The van der Waals surface area contributed by atoms with E-state index in [1.54, 1.807) is 0 Å². The molecule has 0 atom stereocenters. The standard InChI is InChI=1S/C16H21N3/c17-11-10-16-15(13-6-4-5-7-13)12-18-19(16)14-8-2-1-3-9-14/h1-3,8-9,12-13H,4-7,10-11,17H2. The molecule has 3 rings (SSSR count). The molecule has 19 heavy (non-hydrogen) atoms. The zero-order valence-electron chi connectivity index (χ0n) is 11.3. The van der Waals surface area contributed by atoms with Gasteiger partial charge in [-0.05, 0) is 43.0 Å². The summed E-state index contributed by atoms with van der Waals surface area (Å²) in [6, 6.07) is 10.3. The molecule has 2 N–H and O–H groups in total. The van der Waals surface area contributed by atoms with Crippen molar-refractivity contribution in [3.8, 4) is 5.69 Å². The minimum absolute atomic E-state index is 0.679. The summed E-state index contributed by atoms with van der Waals surface area (Å²) in [4.78, 5) is 0. The van der Waals surface area contributed by atoms with Gasteiger partial charge in [-0.1, -0.05) is 31.0 Å². The zero-order chi connectivity index (χ0) is 13.1. The van der Waals surface area contributed by atoms with Gasteiger partial charge in [0.25, 0.3) is 0 Å². The Hall–Kier alpha value is -1.61. The van der Waals surface area contributed by atoms with Gasteiger partial charge in [0.2, 0.25) is 0 Å². The van der Waals surface area contributed by atoms with Gasteiger partial charge in [0.05, 0.1) is 11.9 Å². The van der Waals surface area contributed by atoms with Crippen molar-refractivity contribution in [1.82, 2.24) is 9.78 Å². The summed E-state index contributed by atoms with van der Waals surface area (Å²) in [6.45, 7) is 0.679. The third-order valence-corrected chi connectivity index (χ3v) is 4.08. The monoisotopic (exact) mass is 255 g/mol. The Morgan fingerprint density at radius 3 is 2.58 bits per heavy atom. The van der Waals surface area contributed by atoms with E-state index in [4.69, 9.17) is 5.73 Å². The third-order valence-electron chi connectivity index (χ3n) is 4.08. The molecule has 1 aromatic heterocycles. The average Bonchev–Trinajstić information content (AvgIpc) is 3.09. The first-order valence-electron chi connectivity index (χ1n) is 7.22. The summed E-state index contributed by atoms with van der Waals surface area (Å²) in [5, 5.41) is 4.61. The quantitative estimate of drug-likeness (QED) is 0.912. The first kappa shape index (κ1) is 12.4. The van der Waals surface area contributed by atoms with Gasteiger partial charge in [-0.15, -0.1) is 0 Å². The maximum absolute atomic E-state index is 5.79. The summed E-state index contributed by atoms with van der Waals surface area (Å²) >= 11 is 0. The third kappa shape index (κ3) is 2.43. The van der Waals surface area contributed by atoms with E-state index in [2.05, 4.69) is 40.2 Å². The maximum atomic E-state index is 5.79. The van der Waals surface area contributed by atoms with Crippen molar-refractivity contribution in [3.63, 3.8) is 0 Å². The lowest BCUT2D eigenvalue weighted by atomic mass is 9.97. The van der Waals surface area contributed by atoms with Crippen LogP contribution in [-0.2, 0) is 6.42 Å². The van der Waals surface area contributed by atoms with E-state index in [-0.39, 0.29) is 0 Å². The second-order valence-electron chi connectivity index (χ2n) is 5.31. The van der Waals surface area contributed by atoms with Crippen molar-refractivity contribution in [2.75, 3.05) is 6.54 Å². The molecule has 0 unspecified atom stereocenters. The Morgan fingerprint density at radius 1 is 1.16 bits per heavy atom. The second kappa shape index (κ2) is 5.57. The minimum atomic E-state index is 0.679. The van der Waals surface area contributed by atoms with Gasteiger partial charge in [-0.3, -0.25) is 0 Å². The molecule has 0 bridgehead atoms. The summed E-state index contributed by atoms with van der Waals surface area (Å²) in [7, 11) is 0. The molecule has 0 aliphatic heterocycles. The van der Waals surface area contributed by atoms with Crippen LogP contribution in [0.25, 0.3) is 5.69 Å². The highest BCUT2D eigenvalue weighted by atomic mass is 15.3. The van der Waals surface area contributed by atoms with E-state index in [0.29, 0.717) is 12.5 Å². The second-order valence-corrected chi connectivity index (χ2v) is 5.31. The number of aromatic nitrogens is 2. The minimum Gasteiger partial charge on any atom is -0.330 e. The molecule has 1 saturated carbocycles. The number of hydrogen-bond donors (Lipinski definition) is 1. The van der Waals surface area contributed by atoms with Gasteiger partial charge in [0, 0.05) is 12.1 Å². The predicted octanol–water partition coefficient (Wildman–Crippen LogP) is 3.03. The molecule has 3 nitrogen and oxygen atoms in total. The molecule has 1 fully saturated rings. The highest BCUT2D eigenvalue weighted by Gasteiger charge is 2.23. The van der Waals surface area contributed by atoms with Crippen LogP contribution in [0.3, 0.4) is 0 Å². The van der Waals surface area contributed by atoms with Crippen molar-refractivity contribution in [1.29, 1.82) is 0 Å². The van der Waals surface area contributed by atoms with Gasteiger partial charge >= 0.3 is 0 Å². The van der Waals surface area contributed by atoms with Crippen molar-refractivity contribution in [2.24, 2.45) is 5.73 Å². The summed E-state index contributed by atoms with van der Waals surface area (Å²) in [6.07, 6.45) is 8.28. The van der Waals surface area contributed by atoms with Gasteiger partial charge in [-0.25, -0.2) is 4.68 Å². The fraction of sp³-hybridized carbons (Fsp3) is 0.438. The van der Waals surface area contributed by atoms with Crippen LogP contribution in [0.15, 0.2) is 36.5 Å². The number of rotatable bonds is 4. The molecule has 1 heterocycles. The number of benzene rings is 1. The van der Waals surface area contributed by atoms with Crippen LogP contribution in [0.4, 0.5) is 0 Å². The SMILES string of the molecule is NCCc1c(C2CCCC2)cnn1-c1ccccc1. The Kier molecular flexibility index (Phi) is 3.65. The van der Waals surface area contributed by atoms with Crippen LogP contribution in [0.5, 0.6) is 0 Å². The number of nitrogens with two attached hydrogens (primary N) is 1. The molecule has 0 saturated heterocycles. The smallest absolute Gasteiger partial charge is 0.0648 e. The summed E-state index contributed by atoms with van der Waals surface area (Å²) < 4.78 is 2.07. The predicted molar refractivity (Wildman–Crippen MR) is 77.5 cm³/mol. The molecular formula is C16H21N3. The topological polar surface area (TPSA) is 43.8 Å². The lowest BCUT2D eigenvalue weighted by molar-refractivity contribution is 0.701. The molecule has 1 aliphatic carbocycles. The van der Waals surface area contributed by atoms with E-state index in [1.807, 2.05) is 6.07 Å². The van der Waals surface area contributed by atoms with Gasteiger partial charge in [0.1, 0.15) is 0 Å². The van der Waals surface area contributed by atoms with Crippen molar-refractivity contribution >= 4 is 0 Å². The lowest BCUT2D eigenvalue weighted by Crippen LogP contribution is -2.11. The van der Waals surface area contributed by atoms with E-state index in [0.717, 1.165) is 12.1 Å². The fourth-order valence-electron chi connectivity index (χ4n) is 3.14. The first-order chi connectivity index (χ1) is 9.40. The summed E-state index contributed by atoms with van der Waals surface area (Å²) in [5.74, 6) is 0.694. The first-order valence-corrected chi connectivity index (χ1v) is 7.22. The van der Waals surface area contributed by atoms with Crippen LogP contribution in [0.1, 0.15) is 42.9 Å². The molecule has 0 spiro atoms. The van der Waals surface area contributed by atoms with E-state index in [9.17, 15) is 0 Å². The number of para-hydroxylation sites is 1. The maximum Gasteiger partial charge on any atom is 0.0648 e. The van der Waals surface area contributed by atoms with Crippen molar-refractivity contribution in [3.05, 3.63) is 47.8 Å². The molecule has 100 valence electrons. The average molecular weight is 255 g/mol. The Morgan fingerprint density at radius 2 is 1.89 bits per heavy atom.